The monoisotopic (exact) mass is 356 g/mol. The van der Waals surface area contributed by atoms with Gasteiger partial charge in [0.15, 0.2) is 0 Å². The quantitative estimate of drug-likeness (QED) is 0.659. The van der Waals surface area contributed by atoms with Gasteiger partial charge in [-0.05, 0) is 24.6 Å². The molecule has 3 rings (SSSR count). The minimum absolute atomic E-state index is 0.0111. The number of carbonyl (C=O) groups is 1. The lowest BCUT2D eigenvalue weighted by Crippen LogP contribution is -2.26. The van der Waals surface area contributed by atoms with Crippen molar-refractivity contribution in [2.24, 2.45) is 0 Å². The lowest BCUT2D eigenvalue weighted by molar-refractivity contribution is -0.142. The molecular formula is C19H17ClN2O3. The SMILES string of the molecule is CCOC(=O)Cc1nn(Cc2ccccc2Cl)c(=O)c2ccccc12. The molecule has 0 fully saturated rings. The van der Waals surface area contributed by atoms with Crippen molar-refractivity contribution in [1.29, 1.82) is 0 Å². The van der Waals surface area contributed by atoms with Crippen LogP contribution >= 0.6 is 11.6 Å². The maximum atomic E-state index is 12.7. The van der Waals surface area contributed by atoms with E-state index >= 15 is 0 Å². The van der Waals surface area contributed by atoms with E-state index in [4.69, 9.17) is 16.3 Å². The molecule has 0 aliphatic heterocycles. The van der Waals surface area contributed by atoms with Gasteiger partial charge in [-0.2, -0.15) is 5.10 Å². The summed E-state index contributed by atoms with van der Waals surface area (Å²) in [6, 6.07) is 14.4. The van der Waals surface area contributed by atoms with Crippen LogP contribution in [-0.2, 0) is 22.5 Å². The predicted octanol–water partition coefficient (Wildman–Crippen LogP) is 3.20. The number of esters is 1. The van der Waals surface area contributed by atoms with E-state index in [1.807, 2.05) is 24.3 Å². The molecule has 0 N–H and O–H groups in total. The fourth-order valence-electron chi connectivity index (χ4n) is 2.68. The van der Waals surface area contributed by atoms with E-state index in [9.17, 15) is 9.59 Å². The third-order valence-corrected chi connectivity index (χ3v) is 4.21. The fraction of sp³-hybridized carbons (Fsp3) is 0.211. The molecular weight excluding hydrogens is 340 g/mol. The number of ether oxygens (including phenoxy) is 1. The van der Waals surface area contributed by atoms with Gasteiger partial charge in [0.05, 0.1) is 30.7 Å². The number of nitrogens with zero attached hydrogens (tertiary/aromatic N) is 2. The summed E-state index contributed by atoms with van der Waals surface area (Å²) in [5, 5.41) is 6.15. The first-order valence-electron chi connectivity index (χ1n) is 7.98. The molecule has 6 heteroatoms. The molecule has 0 saturated carbocycles. The molecule has 25 heavy (non-hydrogen) atoms. The topological polar surface area (TPSA) is 61.2 Å². The normalized spacial score (nSPS) is 10.8. The molecule has 128 valence electrons. The van der Waals surface area contributed by atoms with Crippen LogP contribution in [0.15, 0.2) is 53.3 Å². The Kier molecular flexibility index (Phi) is 5.14. The molecule has 5 nitrogen and oxygen atoms in total. The summed E-state index contributed by atoms with van der Waals surface area (Å²) in [5.74, 6) is -0.372. The lowest BCUT2D eigenvalue weighted by Gasteiger charge is -2.11. The van der Waals surface area contributed by atoms with Crippen LogP contribution in [0.3, 0.4) is 0 Å². The lowest BCUT2D eigenvalue weighted by atomic mass is 10.1. The summed E-state index contributed by atoms with van der Waals surface area (Å²) in [6.07, 6.45) is 0.0111. The standard InChI is InChI=1S/C19H17ClN2O3/c1-2-25-18(23)11-17-14-8-4-5-9-15(14)19(24)22(21-17)12-13-7-3-6-10-16(13)20/h3-10H,2,11-12H2,1H3. The number of hydrogen-bond donors (Lipinski definition) is 0. The summed E-state index contributed by atoms with van der Waals surface area (Å²) in [7, 11) is 0. The van der Waals surface area contributed by atoms with Crippen molar-refractivity contribution in [2.45, 2.75) is 19.9 Å². The molecule has 1 heterocycles. The number of carbonyl (C=O) groups excluding carboxylic acids is 1. The summed E-state index contributed by atoms with van der Waals surface area (Å²) < 4.78 is 6.36. The number of fused-ring (bicyclic) bond motifs is 1. The Morgan fingerprint density at radius 1 is 1.12 bits per heavy atom. The second kappa shape index (κ2) is 7.49. The maximum absolute atomic E-state index is 12.7. The largest absolute Gasteiger partial charge is 0.466 e. The van der Waals surface area contributed by atoms with Crippen LogP contribution in [0, 0.1) is 0 Å². The molecule has 1 aromatic heterocycles. The zero-order chi connectivity index (χ0) is 17.8. The van der Waals surface area contributed by atoms with Gasteiger partial charge in [-0.3, -0.25) is 9.59 Å². The average molecular weight is 357 g/mol. The van der Waals surface area contributed by atoms with Crippen molar-refractivity contribution in [3.8, 4) is 0 Å². The zero-order valence-electron chi connectivity index (χ0n) is 13.7. The Morgan fingerprint density at radius 2 is 1.80 bits per heavy atom. The van der Waals surface area contributed by atoms with Crippen molar-refractivity contribution in [3.63, 3.8) is 0 Å². The summed E-state index contributed by atoms with van der Waals surface area (Å²) >= 11 is 6.19. The van der Waals surface area contributed by atoms with Crippen molar-refractivity contribution < 1.29 is 9.53 Å². The number of halogens is 1. The first kappa shape index (κ1) is 17.2. The molecule has 0 aliphatic rings. The molecule has 3 aromatic rings. The second-order valence-corrected chi connectivity index (χ2v) is 5.94. The van der Waals surface area contributed by atoms with E-state index in [2.05, 4.69) is 5.10 Å². The van der Waals surface area contributed by atoms with Crippen LogP contribution < -0.4 is 5.56 Å². The Bertz CT molecular complexity index is 982. The van der Waals surface area contributed by atoms with Gasteiger partial charge in [-0.25, -0.2) is 4.68 Å². The van der Waals surface area contributed by atoms with E-state index in [0.29, 0.717) is 28.1 Å². The van der Waals surface area contributed by atoms with Crippen LogP contribution in [0.25, 0.3) is 10.8 Å². The molecule has 2 aromatic carbocycles. The number of aromatic nitrogens is 2. The van der Waals surface area contributed by atoms with Gasteiger partial charge < -0.3 is 4.74 Å². The second-order valence-electron chi connectivity index (χ2n) is 5.53. The van der Waals surface area contributed by atoms with Crippen molar-refractivity contribution in [3.05, 3.63) is 75.2 Å². The minimum atomic E-state index is -0.372. The van der Waals surface area contributed by atoms with Crippen molar-refractivity contribution >= 4 is 28.3 Å². The first-order chi connectivity index (χ1) is 12.1. The average Bonchev–Trinajstić information content (AvgIpc) is 2.61. The van der Waals surface area contributed by atoms with E-state index in [1.54, 1.807) is 31.2 Å². The highest BCUT2D eigenvalue weighted by Crippen LogP contribution is 2.18. The predicted molar refractivity (Wildman–Crippen MR) is 96.9 cm³/mol. The molecule has 0 unspecified atom stereocenters. The molecule has 0 bridgehead atoms. The maximum Gasteiger partial charge on any atom is 0.311 e. The van der Waals surface area contributed by atoms with Gasteiger partial charge in [0.1, 0.15) is 0 Å². The highest BCUT2D eigenvalue weighted by atomic mass is 35.5. The van der Waals surface area contributed by atoms with E-state index in [1.165, 1.54) is 4.68 Å². The molecule has 0 amide bonds. The van der Waals surface area contributed by atoms with Crippen LogP contribution in [0.5, 0.6) is 0 Å². The Morgan fingerprint density at radius 3 is 2.52 bits per heavy atom. The molecule has 0 atom stereocenters. The van der Waals surface area contributed by atoms with Gasteiger partial charge >= 0.3 is 5.97 Å². The smallest absolute Gasteiger partial charge is 0.311 e. The van der Waals surface area contributed by atoms with E-state index < -0.39 is 0 Å². The third-order valence-electron chi connectivity index (χ3n) is 3.84. The van der Waals surface area contributed by atoms with Gasteiger partial charge in [0.2, 0.25) is 0 Å². The van der Waals surface area contributed by atoms with E-state index in [-0.39, 0.29) is 24.5 Å². The van der Waals surface area contributed by atoms with E-state index in [0.717, 1.165) is 5.56 Å². The van der Waals surface area contributed by atoms with Gasteiger partial charge in [-0.1, -0.05) is 48.0 Å². The highest BCUT2D eigenvalue weighted by molar-refractivity contribution is 6.31. The number of rotatable bonds is 5. The summed E-state index contributed by atoms with van der Waals surface area (Å²) in [4.78, 5) is 24.6. The first-order valence-corrected chi connectivity index (χ1v) is 8.35. The zero-order valence-corrected chi connectivity index (χ0v) is 14.5. The fourth-order valence-corrected chi connectivity index (χ4v) is 2.88. The van der Waals surface area contributed by atoms with Crippen LogP contribution in [0.4, 0.5) is 0 Å². The minimum Gasteiger partial charge on any atom is -0.466 e. The van der Waals surface area contributed by atoms with Gasteiger partial charge in [0.25, 0.3) is 5.56 Å². The molecule has 0 aliphatic carbocycles. The van der Waals surface area contributed by atoms with Gasteiger partial charge in [-0.15, -0.1) is 0 Å². The summed E-state index contributed by atoms with van der Waals surface area (Å²) in [6.45, 7) is 2.29. The van der Waals surface area contributed by atoms with Crippen molar-refractivity contribution in [2.75, 3.05) is 6.61 Å². The Labute approximate surface area is 149 Å². The molecule has 0 radical (unpaired) electrons. The molecule has 0 spiro atoms. The molecule has 0 saturated heterocycles. The Balaban J connectivity index is 2.09. The Hall–Kier alpha value is -2.66. The number of benzene rings is 2. The van der Waals surface area contributed by atoms with Gasteiger partial charge in [0, 0.05) is 10.4 Å². The van der Waals surface area contributed by atoms with Crippen molar-refractivity contribution in [1.82, 2.24) is 9.78 Å². The van der Waals surface area contributed by atoms with Crippen LogP contribution in [0.2, 0.25) is 5.02 Å². The third kappa shape index (κ3) is 3.72. The summed E-state index contributed by atoms with van der Waals surface area (Å²) in [5.41, 5.74) is 1.08. The highest BCUT2D eigenvalue weighted by Gasteiger charge is 2.14. The van der Waals surface area contributed by atoms with Crippen LogP contribution in [-0.4, -0.2) is 22.4 Å². The van der Waals surface area contributed by atoms with Crippen LogP contribution in [0.1, 0.15) is 18.2 Å². The number of hydrogen-bond acceptors (Lipinski definition) is 4.